The van der Waals surface area contributed by atoms with Crippen molar-refractivity contribution in [1.29, 1.82) is 0 Å². The Morgan fingerprint density at radius 2 is 1.65 bits per heavy atom. The summed E-state index contributed by atoms with van der Waals surface area (Å²) in [7, 11) is 0. The highest BCUT2D eigenvalue weighted by Gasteiger charge is 2.44. The smallest absolute Gasteiger partial charge is 0.418 e. The topological polar surface area (TPSA) is 37.3 Å². The van der Waals surface area contributed by atoms with E-state index in [1.54, 1.807) is 0 Å². The number of hydrogen-bond donors (Lipinski definition) is 1. The van der Waals surface area contributed by atoms with Gasteiger partial charge >= 0.3 is 18.3 Å². The molecular weight excluding hydrogens is 405 g/mol. The van der Waals surface area contributed by atoms with Crippen LogP contribution in [0.15, 0.2) is 18.2 Å². The van der Waals surface area contributed by atoms with E-state index in [2.05, 4.69) is 0 Å². The average Bonchev–Trinajstić information content (AvgIpc) is 2.22. The van der Waals surface area contributed by atoms with Gasteiger partial charge in [-0.05, 0) is 46.4 Å². The SMILES string of the molecule is O=C(O)/C=C/c1cc(I)c(C(F)(F)F)c(C(F)(F)F)c1. The summed E-state index contributed by atoms with van der Waals surface area (Å²) in [5.41, 5.74) is -3.91. The summed E-state index contributed by atoms with van der Waals surface area (Å²) in [4.78, 5) is 10.3. The van der Waals surface area contributed by atoms with Crippen molar-refractivity contribution in [2.45, 2.75) is 12.4 Å². The van der Waals surface area contributed by atoms with Gasteiger partial charge in [0, 0.05) is 9.65 Å². The minimum Gasteiger partial charge on any atom is -0.478 e. The number of benzene rings is 1. The maximum absolute atomic E-state index is 12.7. The monoisotopic (exact) mass is 410 g/mol. The van der Waals surface area contributed by atoms with Gasteiger partial charge in [-0.1, -0.05) is 0 Å². The van der Waals surface area contributed by atoms with Crippen LogP contribution in [0.2, 0.25) is 0 Å². The molecule has 0 aliphatic rings. The van der Waals surface area contributed by atoms with Gasteiger partial charge in [0.2, 0.25) is 0 Å². The molecule has 9 heteroatoms. The van der Waals surface area contributed by atoms with E-state index >= 15 is 0 Å². The lowest BCUT2D eigenvalue weighted by Crippen LogP contribution is -2.18. The van der Waals surface area contributed by atoms with E-state index in [0.29, 0.717) is 6.08 Å². The van der Waals surface area contributed by atoms with Crippen LogP contribution in [0.3, 0.4) is 0 Å². The largest absolute Gasteiger partial charge is 0.478 e. The number of rotatable bonds is 2. The lowest BCUT2D eigenvalue weighted by atomic mass is 10.0. The number of aliphatic carboxylic acids is 1. The minimum absolute atomic E-state index is 0.268. The van der Waals surface area contributed by atoms with Crippen LogP contribution in [-0.4, -0.2) is 11.1 Å². The maximum atomic E-state index is 12.7. The summed E-state index contributed by atoms with van der Waals surface area (Å²) < 4.78 is 75.4. The van der Waals surface area contributed by atoms with Crippen LogP contribution in [0.4, 0.5) is 26.3 Å². The molecule has 0 bridgehead atoms. The van der Waals surface area contributed by atoms with E-state index in [-0.39, 0.29) is 11.6 Å². The molecule has 0 radical (unpaired) electrons. The zero-order valence-corrected chi connectivity index (χ0v) is 11.5. The van der Waals surface area contributed by atoms with Crippen molar-refractivity contribution >= 4 is 34.6 Å². The van der Waals surface area contributed by atoms with Crippen molar-refractivity contribution < 1.29 is 36.2 Å². The second kappa shape index (κ2) is 5.62. The second-order valence-corrected chi connectivity index (χ2v) is 4.75. The van der Waals surface area contributed by atoms with Gasteiger partial charge in [0.25, 0.3) is 0 Å². The summed E-state index contributed by atoms with van der Waals surface area (Å²) in [6.07, 6.45) is -9.02. The Bertz CT molecular complexity index is 559. The molecule has 0 saturated heterocycles. The maximum Gasteiger partial charge on any atom is 0.418 e. The number of alkyl halides is 6. The first-order chi connectivity index (χ1) is 8.93. The van der Waals surface area contributed by atoms with Crippen LogP contribution < -0.4 is 0 Å². The molecule has 110 valence electrons. The number of carbonyl (C=O) groups is 1. The molecule has 1 N–H and O–H groups in total. The van der Waals surface area contributed by atoms with Crippen molar-refractivity contribution in [2.75, 3.05) is 0 Å². The third kappa shape index (κ3) is 4.12. The van der Waals surface area contributed by atoms with Gasteiger partial charge in [0.05, 0.1) is 11.1 Å². The molecule has 1 aromatic carbocycles. The first kappa shape index (κ1) is 16.8. The molecule has 0 atom stereocenters. The van der Waals surface area contributed by atoms with Crippen molar-refractivity contribution in [3.63, 3.8) is 0 Å². The number of hydrogen-bond acceptors (Lipinski definition) is 1. The lowest BCUT2D eigenvalue weighted by molar-refractivity contribution is -0.162. The molecule has 0 spiro atoms. The molecule has 1 rings (SSSR count). The molecule has 1 aromatic rings. The predicted molar refractivity (Wildman–Crippen MR) is 65.8 cm³/mol. The highest BCUT2D eigenvalue weighted by atomic mass is 127. The number of carboxylic acids is 1. The quantitative estimate of drug-likeness (QED) is 0.445. The first-order valence-corrected chi connectivity index (χ1v) is 5.89. The zero-order valence-electron chi connectivity index (χ0n) is 9.31. The fourth-order valence-corrected chi connectivity index (χ4v) is 2.36. The summed E-state index contributed by atoms with van der Waals surface area (Å²) in [5.74, 6) is -1.42. The van der Waals surface area contributed by atoms with Gasteiger partial charge in [-0.15, -0.1) is 0 Å². The van der Waals surface area contributed by atoms with Gasteiger partial charge in [-0.2, -0.15) is 26.3 Å². The van der Waals surface area contributed by atoms with Gasteiger partial charge in [-0.25, -0.2) is 4.79 Å². The molecule has 0 unspecified atom stereocenters. The fraction of sp³-hybridized carbons (Fsp3) is 0.182. The number of halogens is 7. The highest BCUT2D eigenvalue weighted by molar-refractivity contribution is 14.1. The normalized spacial score (nSPS) is 12.9. The lowest BCUT2D eigenvalue weighted by Gasteiger charge is -2.17. The molecule has 0 fully saturated rings. The molecule has 0 heterocycles. The Balaban J connectivity index is 3.54. The second-order valence-electron chi connectivity index (χ2n) is 3.59. The predicted octanol–water partition coefficient (Wildman–Crippen LogP) is 4.43. The standard InChI is InChI=1S/C11H5F6IO2/c12-10(13,14)6-3-5(1-2-8(19)20)4-7(18)9(6)11(15,16)17/h1-4H,(H,19,20)/b2-1+. The van der Waals surface area contributed by atoms with E-state index < -0.39 is 33.0 Å². The zero-order chi connectivity index (χ0) is 15.7. The first-order valence-electron chi connectivity index (χ1n) is 4.82. The molecule has 0 aliphatic heterocycles. The van der Waals surface area contributed by atoms with Crippen molar-refractivity contribution in [3.05, 3.63) is 38.5 Å². The van der Waals surface area contributed by atoms with E-state index in [1.165, 1.54) is 0 Å². The van der Waals surface area contributed by atoms with Crippen LogP contribution in [-0.2, 0) is 17.1 Å². The van der Waals surface area contributed by atoms with Gasteiger partial charge in [0.15, 0.2) is 0 Å². The van der Waals surface area contributed by atoms with Crippen LogP contribution >= 0.6 is 22.6 Å². The van der Waals surface area contributed by atoms with Gasteiger partial charge in [-0.3, -0.25) is 0 Å². The minimum atomic E-state index is -5.20. The van der Waals surface area contributed by atoms with Gasteiger partial charge in [0.1, 0.15) is 0 Å². The van der Waals surface area contributed by atoms with E-state index in [1.807, 2.05) is 0 Å². The molecule has 0 amide bonds. The van der Waals surface area contributed by atoms with E-state index in [0.717, 1.165) is 34.7 Å². The molecule has 2 nitrogen and oxygen atoms in total. The third-order valence-electron chi connectivity index (χ3n) is 2.12. The van der Waals surface area contributed by atoms with E-state index in [9.17, 15) is 31.1 Å². The van der Waals surface area contributed by atoms with Crippen LogP contribution in [0, 0.1) is 3.57 Å². The summed E-state index contributed by atoms with van der Waals surface area (Å²) >= 11 is 1.13. The summed E-state index contributed by atoms with van der Waals surface area (Å²) in [6.45, 7) is 0. The molecule has 20 heavy (non-hydrogen) atoms. The highest BCUT2D eigenvalue weighted by Crippen LogP contribution is 2.43. The Morgan fingerprint density at radius 1 is 1.10 bits per heavy atom. The van der Waals surface area contributed by atoms with Crippen molar-refractivity contribution in [1.82, 2.24) is 0 Å². The number of carboxylic acid groups (broad SMARTS) is 1. The van der Waals surface area contributed by atoms with Crippen LogP contribution in [0.25, 0.3) is 6.08 Å². The Labute approximate surface area is 122 Å². The summed E-state index contributed by atoms with van der Waals surface area (Å²) in [5, 5.41) is 8.37. The molecular formula is C11H5F6IO2. The van der Waals surface area contributed by atoms with Crippen LogP contribution in [0.1, 0.15) is 16.7 Å². The van der Waals surface area contributed by atoms with Crippen LogP contribution in [0.5, 0.6) is 0 Å². The van der Waals surface area contributed by atoms with E-state index in [4.69, 9.17) is 5.11 Å². The molecule has 0 saturated carbocycles. The van der Waals surface area contributed by atoms with Crippen molar-refractivity contribution in [2.24, 2.45) is 0 Å². The average molecular weight is 410 g/mol. The Morgan fingerprint density at radius 3 is 2.05 bits per heavy atom. The fourth-order valence-electron chi connectivity index (χ4n) is 1.40. The Hall–Kier alpha value is -1.26. The Kier molecular flexibility index (Phi) is 4.72. The molecule has 0 aromatic heterocycles. The third-order valence-corrected chi connectivity index (χ3v) is 2.97. The summed E-state index contributed by atoms with van der Waals surface area (Å²) in [6, 6.07) is 1.10. The molecule has 0 aliphatic carbocycles. The van der Waals surface area contributed by atoms with Crippen molar-refractivity contribution in [3.8, 4) is 0 Å². The van der Waals surface area contributed by atoms with Gasteiger partial charge < -0.3 is 5.11 Å².